The quantitative estimate of drug-likeness (QED) is 0.735. The van der Waals surface area contributed by atoms with Crippen LogP contribution in [0.25, 0.3) is 0 Å². The normalized spacial score (nSPS) is 24.1. The smallest absolute Gasteiger partial charge is 0.229 e. The number of carbonyl (C=O) groups excluding carboxylic acids is 1. The molecule has 28 heavy (non-hydrogen) atoms. The van der Waals surface area contributed by atoms with E-state index in [1.54, 1.807) is 19.2 Å². The molecule has 2 saturated heterocycles. The highest BCUT2D eigenvalue weighted by Crippen LogP contribution is 2.41. The second kappa shape index (κ2) is 8.02. The van der Waals surface area contributed by atoms with Crippen molar-refractivity contribution >= 4 is 28.9 Å². The van der Waals surface area contributed by atoms with Gasteiger partial charge in [0.05, 0.1) is 29.4 Å². The predicted molar refractivity (Wildman–Crippen MR) is 113 cm³/mol. The lowest BCUT2D eigenvalue weighted by Gasteiger charge is -2.39. The number of hydrogen-bond donors (Lipinski definition) is 2. The van der Waals surface area contributed by atoms with Crippen LogP contribution in [0.1, 0.15) is 31.2 Å². The average Bonchev–Trinajstić information content (AvgIpc) is 2.95. The fourth-order valence-electron chi connectivity index (χ4n) is 4.68. The van der Waals surface area contributed by atoms with E-state index >= 15 is 0 Å². The number of piperidine rings is 1. The highest BCUT2D eigenvalue weighted by molar-refractivity contribution is 6.33. The minimum atomic E-state index is -0.0384. The third kappa shape index (κ3) is 3.69. The molecule has 2 aliphatic rings. The van der Waals surface area contributed by atoms with Crippen molar-refractivity contribution in [1.29, 1.82) is 0 Å². The molecule has 2 aromatic rings. The molecular formula is C22H26ClN3O2. The Labute approximate surface area is 170 Å². The van der Waals surface area contributed by atoms with Crippen LogP contribution in [0.15, 0.2) is 42.5 Å². The van der Waals surface area contributed by atoms with Gasteiger partial charge in [-0.3, -0.25) is 9.69 Å². The van der Waals surface area contributed by atoms with E-state index in [-0.39, 0.29) is 17.9 Å². The third-order valence-corrected chi connectivity index (χ3v) is 6.41. The van der Waals surface area contributed by atoms with Gasteiger partial charge in [-0.05, 0) is 37.3 Å². The summed E-state index contributed by atoms with van der Waals surface area (Å²) in [6, 6.07) is 14.7. The van der Waals surface area contributed by atoms with Gasteiger partial charge >= 0.3 is 0 Å². The molecular weight excluding hydrogens is 374 g/mol. The standard InChI is InChI=1S/C22H26ClN3O2/c1-28-21-12-18(24)17(23)11-19(21)25-22(27)16-9-7-15-8-10-20(16)26(15)13-14-5-3-2-4-6-14/h2-6,11-12,15-16,20H,7-10,13,24H2,1H3,(H,25,27). The molecule has 2 aromatic carbocycles. The molecule has 3 unspecified atom stereocenters. The number of rotatable bonds is 5. The predicted octanol–water partition coefficient (Wildman–Crippen LogP) is 4.31. The van der Waals surface area contributed by atoms with Crippen LogP contribution >= 0.6 is 11.6 Å². The topological polar surface area (TPSA) is 67.6 Å². The Hall–Kier alpha value is -2.24. The molecule has 0 aromatic heterocycles. The summed E-state index contributed by atoms with van der Waals surface area (Å²) >= 11 is 6.15. The Balaban J connectivity index is 1.51. The van der Waals surface area contributed by atoms with E-state index < -0.39 is 0 Å². The number of amides is 1. The number of anilines is 2. The van der Waals surface area contributed by atoms with Crippen molar-refractivity contribution in [1.82, 2.24) is 4.90 Å². The number of nitrogens with two attached hydrogens (primary N) is 1. The highest BCUT2D eigenvalue weighted by atomic mass is 35.5. The Morgan fingerprint density at radius 2 is 1.96 bits per heavy atom. The van der Waals surface area contributed by atoms with Crippen molar-refractivity contribution < 1.29 is 9.53 Å². The zero-order valence-electron chi connectivity index (χ0n) is 16.0. The molecule has 0 spiro atoms. The van der Waals surface area contributed by atoms with Gasteiger partial charge in [-0.2, -0.15) is 0 Å². The van der Waals surface area contributed by atoms with Crippen molar-refractivity contribution in [2.45, 2.75) is 44.3 Å². The maximum atomic E-state index is 13.2. The van der Waals surface area contributed by atoms with Crippen LogP contribution in [0.3, 0.4) is 0 Å². The number of nitrogen functional groups attached to an aromatic ring is 1. The molecule has 3 atom stereocenters. The number of benzene rings is 2. The lowest BCUT2D eigenvalue weighted by atomic mass is 9.89. The van der Waals surface area contributed by atoms with Crippen LogP contribution < -0.4 is 15.8 Å². The number of hydrogen-bond acceptors (Lipinski definition) is 4. The molecule has 148 valence electrons. The number of methoxy groups -OCH3 is 1. The molecule has 4 rings (SSSR count). The Morgan fingerprint density at radius 1 is 1.21 bits per heavy atom. The van der Waals surface area contributed by atoms with Crippen LogP contribution in [0.5, 0.6) is 5.75 Å². The first-order chi connectivity index (χ1) is 13.6. The second-order valence-electron chi connectivity index (χ2n) is 7.70. The first-order valence-corrected chi connectivity index (χ1v) is 10.2. The number of nitrogens with one attached hydrogen (secondary N) is 1. The number of nitrogens with zero attached hydrogens (tertiary/aromatic N) is 1. The van der Waals surface area contributed by atoms with E-state index in [0.717, 1.165) is 32.2 Å². The van der Waals surface area contributed by atoms with Crippen molar-refractivity contribution in [2.75, 3.05) is 18.2 Å². The molecule has 2 heterocycles. The summed E-state index contributed by atoms with van der Waals surface area (Å²) in [5.74, 6) is 0.516. The van der Waals surface area contributed by atoms with Crippen LogP contribution in [-0.2, 0) is 11.3 Å². The molecule has 0 aliphatic carbocycles. The fraction of sp³-hybridized carbons (Fsp3) is 0.409. The molecule has 2 aliphatic heterocycles. The van der Waals surface area contributed by atoms with E-state index in [4.69, 9.17) is 22.1 Å². The van der Waals surface area contributed by atoms with E-state index in [2.05, 4.69) is 34.5 Å². The summed E-state index contributed by atoms with van der Waals surface area (Å²) in [7, 11) is 1.56. The highest BCUT2D eigenvalue weighted by Gasteiger charge is 2.44. The third-order valence-electron chi connectivity index (χ3n) is 6.09. The lowest BCUT2D eigenvalue weighted by Crippen LogP contribution is -2.48. The van der Waals surface area contributed by atoms with Gasteiger partial charge in [0, 0.05) is 24.7 Å². The summed E-state index contributed by atoms with van der Waals surface area (Å²) in [5, 5.41) is 3.44. The van der Waals surface area contributed by atoms with Gasteiger partial charge in [-0.1, -0.05) is 41.9 Å². The average molecular weight is 400 g/mol. The van der Waals surface area contributed by atoms with Crippen molar-refractivity contribution in [3.63, 3.8) is 0 Å². The van der Waals surface area contributed by atoms with Gasteiger partial charge in [-0.25, -0.2) is 0 Å². The Kier molecular flexibility index (Phi) is 5.47. The summed E-state index contributed by atoms with van der Waals surface area (Å²) in [4.78, 5) is 15.7. The van der Waals surface area contributed by atoms with Gasteiger partial charge in [0.15, 0.2) is 0 Å². The molecule has 2 bridgehead atoms. The Bertz CT molecular complexity index is 858. The van der Waals surface area contributed by atoms with Gasteiger partial charge in [0.1, 0.15) is 5.75 Å². The summed E-state index contributed by atoms with van der Waals surface area (Å²) < 4.78 is 5.37. The van der Waals surface area contributed by atoms with E-state index in [1.807, 2.05) is 6.07 Å². The van der Waals surface area contributed by atoms with Gasteiger partial charge in [-0.15, -0.1) is 0 Å². The Morgan fingerprint density at radius 3 is 2.71 bits per heavy atom. The number of fused-ring (bicyclic) bond motifs is 2. The van der Waals surface area contributed by atoms with E-state index in [0.29, 0.717) is 28.2 Å². The van der Waals surface area contributed by atoms with Gasteiger partial charge < -0.3 is 15.8 Å². The van der Waals surface area contributed by atoms with Crippen LogP contribution in [-0.4, -0.2) is 30.0 Å². The monoisotopic (exact) mass is 399 g/mol. The molecule has 6 heteroatoms. The maximum absolute atomic E-state index is 13.2. The molecule has 1 amide bonds. The molecule has 0 saturated carbocycles. The minimum absolute atomic E-state index is 0.0301. The summed E-state index contributed by atoms with van der Waals surface area (Å²) in [6.07, 6.45) is 4.20. The zero-order chi connectivity index (χ0) is 19.7. The molecule has 2 fully saturated rings. The SMILES string of the molecule is COc1cc(N)c(Cl)cc1NC(=O)C1CCC2CCC1N2Cc1ccccc1. The van der Waals surface area contributed by atoms with Crippen molar-refractivity contribution in [2.24, 2.45) is 5.92 Å². The second-order valence-corrected chi connectivity index (χ2v) is 8.11. The van der Waals surface area contributed by atoms with Crippen LogP contribution in [0.4, 0.5) is 11.4 Å². The number of carbonyl (C=O) groups is 1. The molecule has 5 nitrogen and oxygen atoms in total. The molecule has 3 N–H and O–H groups in total. The number of ether oxygens (including phenoxy) is 1. The first-order valence-electron chi connectivity index (χ1n) is 9.80. The van der Waals surface area contributed by atoms with E-state index in [1.165, 1.54) is 5.56 Å². The van der Waals surface area contributed by atoms with Crippen LogP contribution in [0, 0.1) is 5.92 Å². The molecule has 0 radical (unpaired) electrons. The minimum Gasteiger partial charge on any atom is -0.494 e. The van der Waals surface area contributed by atoms with Gasteiger partial charge in [0.25, 0.3) is 0 Å². The number of halogens is 1. The van der Waals surface area contributed by atoms with E-state index in [9.17, 15) is 4.79 Å². The van der Waals surface area contributed by atoms with Crippen molar-refractivity contribution in [3.8, 4) is 5.75 Å². The maximum Gasteiger partial charge on any atom is 0.229 e. The lowest BCUT2D eigenvalue weighted by molar-refractivity contribution is -0.123. The largest absolute Gasteiger partial charge is 0.494 e. The van der Waals surface area contributed by atoms with Crippen LogP contribution in [0.2, 0.25) is 5.02 Å². The fourth-order valence-corrected chi connectivity index (χ4v) is 4.84. The first kappa shape index (κ1) is 19.1. The van der Waals surface area contributed by atoms with Gasteiger partial charge in [0.2, 0.25) is 5.91 Å². The van der Waals surface area contributed by atoms with Crippen molar-refractivity contribution in [3.05, 3.63) is 53.1 Å². The summed E-state index contributed by atoms with van der Waals surface area (Å²) in [6.45, 7) is 0.900. The summed E-state index contributed by atoms with van der Waals surface area (Å²) in [5.41, 5.74) is 8.15. The zero-order valence-corrected chi connectivity index (χ0v) is 16.8.